The molecule has 1 aliphatic heterocycles. The lowest BCUT2D eigenvalue weighted by atomic mass is 9.69. The molecule has 27 heavy (non-hydrogen) atoms. The van der Waals surface area contributed by atoms with Gasteiger partial charge in [0.15, 0.2) is 0 Å². The lowest BCUT2D eigenvalue weighted by Gasteiger charge is -2.36. The Morgan fingerprint density at radius 2 is 1.78 bits per heavy atom. The normalized spacial score (nSPS) is 23.8. The summed E-state index contributed by atoms with van der Waals surface area (Å²) < 4.78 is 6.18. The molecular formula is C22H23NO4. The van der Waals surface area contributed by atoms with Crippen molar-refractivity contribution in [2.24, 2.45) is 0 Å². The van der Waals surface area contributed by atoms with Crippen LogP contribution in [0, 0.1) is 13.8 Å². The van der Waals surface area contributed by atoms with Gasteiger partial charge >= 0.3 is 5.97 Å². The van der Waals surface area contributed by atoms with Gasteiger partial charge in [0.2, 0.25) is 5.91 Å². The highest BCUT2D eigenvalue weighted by Crippen LogP contribution is 2.48. The standard InChI is InChI=1S/C22H23NO4/c1-13-9-14(2)11-17(10-13)27-16-5-7-22(8-6-16)18-12-15(20(24)25)3-4-19(18)23-21(22)26/h3-4,9-12,16H,5-8H2,1-2H3,(H,23,26)(H,24,25)/t16-,22-. The van der Waals surface area contributed by atoms with Crippen molar-refractivity contribution in [2.75, 3.05) is 5.32 Å². The molecule has 140 valence electrons. The highest BCUT2D eigenvalue weighted by molar-refractivity contribution is 6.07. The van der Waals surface area contributed by atoms with E-state index in [2.05, 4.69) is 25.2 Å². The van der Waals surface area contributed by atoms with E-state index in [-0.39, 0.29) is 17.6 Å². The van der Waals surface area contributed by atoms with E-state index in [1.807, 2.05) is 12.1 Å². The number of aromatic carboxylic acids is 1. The molecule has 1 amide bonds. The summed E-state index contributed by atoms with van der Waals surface area (Å²) in [5.41, 5.74) is 3.47. The van der Waals surface area contributed by atoms with Crippen LogP contribution in [0.5, 0.6) is 5.75 Å². The summed E-state index contributed by atoms with van der Waals surface area (Å²) in [7, 11) is 0. The maximum Gasteiger partial charge on any atom is 0.335 e. The van der Waals surface area contributed by atoms with Crippen molar-refractivity contribution in [3.05, 3.63) is 58.7 Å². The number of rotatable bonds is 3. The van der Waals surface area contributed by atoms with Crippen LogP contribution in [-0.2, 0) is 10.2 Å². The zero-order chi connectivity index (χ0) is 19.2. The first-order chi connectivity index (χ1) is 12.9. The predicted molar refractivity (Wildman–Crippen MR) is 103 cm³/mol. The number of carboxylic acids is 1. The first-order valence-corrected chi connectivity index (χ1v) is 9.32. The summed E-state index contributed by atoms with van der Waals surface area (Å²) in [6.07, 6.45) is 2.90. The number of carboxylic acid groups (broad SMARTS) is 1. The van der Waals surface area contributed by atoms with E-state index >= 15 is 0 Å². The summed E-state index contributed by atoms with van der Waals surface area (Å²) in [6, 6.07) is 11.1. The van der Waals surface area contributed by atoms with Gasteiger partial charge in [0.05, 0.1) is 17.1 Å². The highest BCUT2D eigenvalue weighted by atomic mass is 16.5. The average Bonchev–Trinajstić information content (AvgIpc) is 2.87. The summed E-state index contributed by atoms with van der Waals surface area (Å²) in [5.74, 6) is -0.123. The monoisotopic (exact) mass is 365 g/mol. The smallest absolute Gasteiger partial charge is 0.335 e. The van der Waals surface area contributed by atoms with Gasteiger partial charge in [-0.1, -0.05) is 6.07 Å². The Hall–Kier alpha value is -2.82. The lowest BCUT2D eigenvalue weighted by Crippen LogP contribution is -2.41. The van der Waals surface area contributed by atoms with Crippen molar-refractivity contribution in [3.8, 4) is 5.75 Å². The fourth-order valence-corrected chi connectivity index (χ4v) is 4.44. The first-order valence-electron chi connectivity index (χ1n) is 9.32. The number of fused-ring (bicyclic) bond motifs is 2. The van der Waals surface area contributed by atoms with Gasteiger partial charge < -0.3 is 15.2 Å². The van der Waals surface area contributed by atoms with Gasteiger partial charge in [-0.25, -0.2) is 4.79 Å². The number of hydrogen-bond acceptors (Lipinski definition) is 3. The van der Waals surface area contributed by atoms with Crippen LogP contribution in [0.3, 0.4) is 0 Å². The number of anilines is 1. The second-order valence-corrected chi connectivity index (χ2v) is 7.74. The van der Waals surface area contributed by atoms with Crippen LogP contribution in [0.2, 0.25) is 0 Å². The molecule has 2 aliphatic rings. The van der Waals surface area contributed by atoms with E-state index in [0.29, 0.717) is 12.8 Å². The number of carbonyl (C=O) groups excluding carboxylic acids is 1. The maximum atomic E-state index is 12.7. The van der Waals surface area contributed by atoms with Crippen LogP contribution in [0.4, 0.5) is 5.69 Å². The molecule has 2 N–H and O–H groups in total. The van der Waals surface area contributed by atoms with E-state index in [1.54, 1.807) is 12.1 Å². The number of amides is 1. The fraction of sp³-hybridized carbons (Fsp3) is 0.364. The van der Waals surface area contributed by atoms with Gasteiger partial charge in [0.1, 0.15) is 5.75 Å². The molecule has 0 bridgehead atoms. The molecule has 4 rings (SSSR count). The third-order valence-electron chi connectivity index (χ3n) is 5.75. The average molecular weight is 365 g/mol. The zero-order valence-corrected chi connectivity index (χ0v) is 15.5. The van der Waals surface area contributed by atoms with E-state index in [9.17, 15) is 14.7 Å². The van der Waals surface area contributed by atoms with Crippen LogP contribution in [0.25, 0.3) is 0 Å². The number of nitrogens with one attached hydrogen (secondary N) is 1. The number of aryl methyl sites for hydroxylation is 2. The van der Waals surface area contributed by atoms with Crippen LogP contribution in [0.15, 0.2) is 36.4 Å². The van der Waals surface area contributed by atoms with E-state index in [0.717, 1.165) is 29.8 Å². The number of hydrogen-bond donors (Lipinski definition) is 2. The van der Waals surface area contributed by atoms with Crippen molar-refractivity contribution in [2.45, 2.75) is 51.0 Å². The van der Waals surface area contributed by atoms with Gasteiger partial charge in [-0.15, -0.1) is 0 Å². The van der Waals surface area contributed by atoms with Crippen molar-refractivity contribution < 1.29 is 19.4 Å². The topological polar surface area (TPSA) is 75.6 Å². The zero-order valence-electron chi connectivity index (χ0n) is 15.5. The Morgan fingerprint density at radius 3 is 2.41 bits per heavy atom. The van der Waals surface area contributed by atoms with Gasteiger partial charge in [-0.3, -0.25) is 4.79 Å². The van der Waals surface area contributed by atoms with Crippen LogP contribution < -0.4 is 10.1 Å². The molecule has 2 aromatic rings. The Morgan fingerprint density at radius 1 is 1.11 bits per heavy atom. The third kappa shape index (κ3) is 3.07. The molecule has 1 fully saturated rings. The number of ether oxygens (including phenoxy) is 1. The fourth-order valence-electron chi connectivity index (χ4n) is 4.44. The minimum atomic E-state index is -0.973. The minimum Gasteiger partial charge on any atom is -0.490 e. The first kappa shape index (κ1) is 17.6. The maximum absolute atomic E-state index is 12.7. The molecule has 5 nitrogen and oxygen atoms in total. The van der Waals surface area contributed by atoms with Gasteiger partial charge in [0, 0.05) is 5.69 Å². The second-order valence-electron chi connectivity index (χ2n) is 7.74. The molecule has 1 aliphatic carbocycles. The molecule has 0 saturated heterocycles. The minimum absolute atomic E-state index is 0.0233. The summed E-state index contributed by atoms with van der Waals surface area (Å²) in [4.78, 5) is 24.1. The Labute approximate surface area is 158 Å². The summed E-state index contributed by atoms with van der Waals surface area (Å²) in [5, 5.41) is 12.2. The molecule has 1 heterocycles. The van der Waals surface area contributed by atoms with Crippen molar-refractivity contribution in [1.82, 2.24) is 0 Å². The molecule has 1 spiro atoms. The summed E-state index contributed by atoms with van der Waals surface area (Å²) in [6.45, 7) is 4.10. The molecule has 2 aromatic carbocycles. The van der Waals surface area contributed by atoms with E-state index in [4.69, 9.17) is 4.74 Å². The number of benzene rings is 2. The SMILES string of the molecule is Cc1cc(C)cc(O[C@H]2CC[C@@]3(CC2)C(=O)Nc2ccc(C(=O)O)cc23)c1. The van der Waals surface area contributed by atoms with E-state index in [1.165, 1.54) is 17.2 Å². The van der Waals surface area contributed by atoms with Crippen molar-refractivity contribution >= 4 is 17.6 Å². The van der Waals surface area contributed by atoms with Crippen LogP contribution >= 0.6 is 0 Å². The molecule has 1 saturated carbocycles. The molecule has 0 radical (unpaired) electrons. The number of carbonyl (C=O) groups is 2. The predicted octanol–water partition coefficient (Wildman–Crippen LogP) is 4.21. The van der Waals surface area contributed by atoms with Crippen LogP contribution in [0.1, 0.15) is 52.7 Å². The highest BCUT2D eigenvalue weighted by Gasteiger charge is 2.49. The largest absolute Gasteiger partial charge is 0.490 e. The Bertz CT molecular complexity index is 906. The van der Waals surface area contributed by atoms with Gasteiger partial charge in [-0.2, -0.15) is 0 Å². The molecule has 0 aromatic heterocycles. The Kier molecular flexibility index (Phi) is 4.17. The molecule has 0 unspecified atom stereocenters. The third-order valence-corrected chi connectivity index (χ3v) is 5.75. The quantitative estimate of drug-likeness (QED) is 0.854. The van der Waals surface area contributed by atoms with Crippen LogP contribution in [-0.4, -0.2) is 23.1 Å². The summed E-state index contributed by atoms with van der Waals surface area (Å²) >= 11 is 0. The van der Waals surface area contributed by atoms with E-state index < -0.39 is 11.4 Å². The Balaban J connectivity index is 1.54. The molecular weight excluding hydrogens is 342 g/mol. The second kappa shape index (κ2) is 6.41. The van der Waals surface area contributed by atoms with Gasteiger partial charge in [-0.05, 0) is 86.6 Å². The molecule has 5 heteroatoms. The molecule has 0 atom stereocenters. The van der Waals surface area contributed by atoms with Gasteiger partial charge in [0.25, 0.3) is 0 Å². The van der Waals surface area contributed by atoms with Crippen molar-refractivity contribution in [3.63, 3.8) is 0 Å². The lowest BCUT2D eigenvalue weighted by molar-refractivity contribution is -0.122. The van der Waals surface area contributed by atoms with Crippen molar-refractivity contribution in [1.29, 1.82) is 0 Å².